The van der Waals surface area contributed by atoms with Crippen molar-refractivity contribution in [2.75, 3.05) is 6.61 Å². The van der Waals surface area contributed by atoms with E-state index in [0.29, 0.717) is 18.7 Å². The Morgan fingerprint density at radius 2 is 1.78 bits per heavy atom. The number of halogens is 1. The molecule has 2 aromatic carbocycles. The monoisotopic (exact) mass is 521 g/mol. The number of aryl methyl sites for hydroxylation is 6. The van der Waals surface area contributed by atoms with Gasteiger partial charge in [-0.05, 0) is 90.1 Å². The summed E-state index contributed by atoms with van der Waals surface area (Å²) in [4.78, 5) is 13.5. The molecular formula is C30H36ClN3O3. The molecule has 4 aromatic rings. The number of esters is 1. The molecule has 6 nitrogen and oxygen atoms in total. The highest BCUT2D eigenvalue weighted by atomic mass is 35.5. The van der Waals surface area contributed by atoms with Crippen molar-refractivity contribution in [2.24, 2.45) is 7.05 Å². The minimum absolute atomic E-state index is 0.322. The van der Waals surface area contributed by atoms with E-state index >= 15 is 0 Å². The summed E-state index contributed by atoms with van der Waals surface area (Å²) in [5.41, 5.74) is 7.96. The van der Waals surface area contributed by atoms with Gasteiger partial charge in [-0.2, -0.15) is 5.10 Å². The maximum atomic E-state index is 13.5. The van der Waals surface area contributed by atoms with Gasteiger partial charge < -0.3 is 14.0 Å². The Kier molecular flexibility index (Phi) is 7.43. The average Bonchev–Trinajstić information content (AvgIpc) is 3.29. The summed E-state index contributed by atoms with van der Waals surface area (Å²) < 4.78 is 13.9. The van der Waals surface area contributed by atoms with Crippen LogP contribution in [0.4, 0.5) is 0 Å². The zero-order valence-electron chi connectivity index (χ0n) is 23.0. The van der Waals surface area contributed by atoms with Crippen LogP contribution in [0, 0.1) is 27.7 Å². The fourth-order valence-corrected chi connectivity index (χ4v) is 5.12. The van der Waals surface area contributed by atoms with Crippen LogP contribution < -0.4 is 4.74 Å². The topological polar surface area (TPSA) is 69.1 Å². The number of aromatic nitrogens is 3. The highest BCUT2D eigenvalue weighted by molar-refractivity contribution is 6.32. The Labute approximate surface area is 223 Å². The van der Waals surface area contributed by atoms with E-state index in [1.165, 1.54) is 0 Å². The van der Waals surface area contributed by atoms with Gasteiger partial charge in [-0.15, -0.1) is 0 Å². The molecule has 0 amide bonds. The van der Waals surface area contributed by atoms with Crippen LogP contribution in [0.2, 0.25) is 5.02 Å². The summed E-state index contributed by atoms with van der Waals surface area (Å²) in [7, 11) is 1.94. The molecule has 1 N–H and O–H groups in total. The SMILES string of the molecule is Cc1cc(OCCCc2c(C(=O)OC(C)(C)C)n(C)c3c(-c4c(C)n[nH]c4C)cccc23)cc(C)c1Cl. The van der Waals surface area contributed by atoms with E-state index in [-0.39, 0.29) is 5.97 Å². The quantitative estimate of drug-likeness (QED) is 0.203. The average molecular weight is 522 g/mol. The van der Waals surface area contributed by atoms with E-state index < -0.39 is 5.60 Å². The minimum Gasteiger partial charge on any atom is -0.494 e. The Morgan fingerprint density at radius 1 is 1.11 bits per heavy atom. The molecule has 0 unspecified atom stereocenters. The molecule has 0 radical (unpaired) electrons. The van der Waals surface area contributed by atoms with Gasteiger partial charge in [0.2, 0.25) is 0 Å². The van der Waals surface area contributed by atoms with E-state index in [1.807, 2.05) is 78.3 Å². The molecule has 2 aromatic heterocycles. The largest absolute Gasteiger partial charge is 0.494 e. The zero-order valence-corrected chi connectivity index (χ0v) is 23.8. The molecule has 0 fully saturated rings. The van der Waals surface area contributed by atoms with Gasteiger partial charge in [0.25, 0.3) is 0 Å². The van der Waals surface area contributed by atoms with Crippen molar-refractivity contribution in [3.05, 3.63) is 69.1 Å². The molecule has 0 aliphatic heterocycles. The van der Waals surface area contributed by atoms with Gasteiger partial charge in [0.15, 0.2) is 0 Å². The zero-order chi connectivity index (χ0) is 27.1. The van der Waals surface area contributed by atoms with Crippen molar-refractivity contribution in [1.82, 2.24) is 14.8 Å². The van der Waals surface area contributed by atoms with Crippen LogP contribution >= 0.6 is 11.6 Å². The Morgan fingerprint density at radius 3 is 2.38 bits per heavy atom. The first-order valence-electron chi connectivity index (χ1n) is 12.6. The van der Waals surface area contributed by atoms with Crippen LogP contribution in [0.1, 0.15) is 65.8 Å². The molecule has 0 spiro atoms. The first-order valence-corrected chi connectivity index (χ1v) is 13.0. The Hall–Kier alpha value is -3.25. The number of ether oxygens (including phenoxy) is 2. The number of benzene rings is 2. The predicted molar refractivity (Wildman–Crippen MR) is 150 cm³/mol. The standard InChI is InChI=1S/C30H36ClN3O3/c1-17-15-21(16-18(2)26(17)31)36-14-10-13-23-22-11-9-12-24(25-19(3)32-33-20(25)4)27(22)34(8)28(23)29(35)37-30(5,6)7/h9,11-12,15-16H,10,13-14H2,1-8H3,(H,32,33). The third-order valence-corrected chi connectivity index (χ3v) is 7.15. The fraction of sp³-hybridized carbons (Fsp3) is 0.400. The number of hydrogen-bond acceptors (Lipinski definition) is 4. The molecular weight excluding hydrogens is 486 g/mol. The van der Waals surface area contributed by atoms with Gasteiger partial charge in [-0.3, -0.25) is 5.10 Å². The van der Waals surface area contributed by atoms with E-state index in [4.69, 9.17) is 21.1 Å². The number of fused-ring (bicyclic) bond motifs is 1. The van der Waals surface area contributed by atoms with Gasteiger partial charge in [-0.25, -0.2) is 4.79 Å². The third-order valence-electron chi connectivity index (χ3n) is 6.56. The van der Waals surface area contributed by atoms with E-state index in [0.717, 1.165) is 67.3 Å². The van der Waals surface area contributed by atoms with Crippen LogP contribution in [0.15, 0.2) is 30.3 Å². The lowest BCUT2D eigenvalue weighted by Crippen LogP contribution is -2.26. The number of H-pyrrole nitrogens is 1. The summed E-state index contributed by atoms with van der Waals surface area (Å²) in [5.74, 6) is 0.482. The molecule has 7 heteroatoms. The Balaban J connectivity index is 1.72. The van der Waals surface area contributed by atoms with Gasteiger partial charge in [-0.1, -0.05) is 29.8 Å². The van der Waals surface area contributed by atoms with Gasteiger partial charge in [0.1, 0.15) is 17.0 Å². The number of para-hydroxylation sites is 1. The molecule has 0 aliphatic carbocycles. The summed E-state index contributed by atoms with van der Waals surface area (Å²) in [6.45, 7) is 14.2. The smallest absolute Gasteiger partial charge is 0.355 e. The van der Waals surface area contributed by atoms with Crippen LogP contribution in [0.5, 0.6) is 5.75 Å². The summed E-state index contributed by atoms with van der Waals surface area (Å²) >= 11 is 6.30. The van der Waals surface area contributed by atoms with Gasteiger partial charge in [0, 0.05) is 34.3 Å². The van der Waals surface area contributed by atoms with Crippen molar-refractivity contribution in [3.63, 3.8) is 0 Å². The van der Waals surface area contributed by atoms with Crippen molar-refractivity contribution >= 4 is 28.5 Å². The Bertz CT molecular complexity index is 1430. The van der Waals surface area contributed by atoms with Crippen molar-refractivity contribution in [2.45, 2.75) is 66.9 Å². The molecule has 0 bridgehead atoms. The molecule has 196 valence electrons. The minimum atomic E-state index is -0.598. The van der Waals surface area contributed by atoms with E-state index in [9.17, 15) is 4.79 Å². The molecule has 0 aliphatic rings. The lowest BCUT2D eigenvalue weighted by atomic mass is 9.98. The fourth-order valence-electron chi connectivity index (χ4n) is 5.01. The lowest BCUT2D eigenvalue weighted by Gasteiger charge is -2.20. The second-order valence-electron chi connectivity index (χ2n) is 10.7. The highest BCUT2D eigenvalue weighted by Crippen LogP contribution is 2.37. The molecule has 0 saturated heterocycles. The second-order valence-corrected chi connectivity index (χ2v) is 11.1. The van der Waals surface area contributed by atoms with Crippen molar-refractivity contribution in [3.8, 4) is 16.9 Å². The summed E-state index contributed by atoms with van der Waals surface area (Å²) in [5, 5.41) is 9.29. The number of carbonyl (C=O) groups excluding carboxylic acids is 1. The molecule has 0 saturated carbocycles. The maximum Gasteiger partial charge on any atom is 0.355 e. The number of aromatic amines is 1. The summed E-state index contributed by atoms with van der Waals surface area (Å²) in [6.07, 6.45) is 1.41. The molecule has 4 rings (SSSR count). The molecule has 0 atom stereocenters. The van der Waals surface area contributed by atoms with Crippen LogP contribution in [0.25, 0.3) is 22.0 Å². The van der Waals surface area contributed by atoms with Crippen molar-refractivity contribution in [1.29, 1.82) is 0 Å². The summed E-state index contributed by atoms with van der Waals surface area (Å²) in [6, 6.07) is 10.1. The lowest BCUT2D eigenvalue weighted by molar-refractivity contribution is 0.00581. The number of nitrogens with zero attached hydrogens (tertiary/aromatic N) is 2. The van der Waals surface area contributed by atoms with Gasteiger partial charge >= 0.3 is 5.97 Å². The second kappa shape index (κ2) is 10.3. The van der Waals surface area contributed by atoms with E-state index in [2.05, 4.69) is 22.3 Å². The predicted octanol–water partition coefficient (Wildman–Crippen LogP) is 7.42. The number of carbonyl (C=O) groups is 1. The van der Waals surface area contributed by atoms with Gasteiger partial charge in [0.05, 0.1) is 17.8 Å². The van der Waals surface area contributed by atoms with Crippen LogP contribution in [-0.4, -0.2) is 32.9 Å². The van der Waals surface area contributed by atoms with Crippen molar-refractivity contribution < 1.29 is 14.3 Å². The highest BCUT2D eigenvalue weighted by Gasteiger charge is 2.27. The number of nitrogens with one attached hydrogen (secondary N) is 1. The van der Waals surface area contributed by atoms with Crippen LogP contribution in [0.3, 0.4) is 0 Å². The van der Waals surface area contributed by atoms with Crippen LogP contribution in [-0.2, 0) is 18.2 Å². The number of rotatable bonds is 7. The maximum absolute atomic E-state index is 13.5. The normalized spacial score (nSPS) is 11.8. The third kappa shape index (κ3) is 5.40. The van der Waals surface area contributed by atoms with E-state index in [1.54, 1.807) is 0 Å². The number of hydrogen-bond donors (Lipinski definition) is 1. The molecule has 37 heavy (non-hydrogen) atoms. The first-order chi connectivity index (χ1) is 17.4. The molecule has 2 heterocycles. The first kappa shape index (κ1) is 26.8.